The molecule has 1 aromatic carbocycles. The molecular weight excluding hydrogens is 297 g/mol. The van der Waals surface area contributed by atoms with Crippen molar-refractivity contribution in [1.29, 1.82) is 0 Å². The fraction of sp³-hybridized carbons (Fsp3) is 0.364. The van der Waals surface area contributed by atoms with Crippen molar-refractivity contribution in [2.45, 2.75) is 30.2 Å². The standard InChI is InChI=1S/C11H11Cl2NO3S/c1-11(4-5-11)14-10(15)7-2-3-8(12)9(6-7)18(13,16)17/h2-3,6H,4-5H2,1H3,(H,14,15). The summed E-state index contributed by atoms with van der Waals surface area (Å²) < 4.78 is 22.6. The first-order chi connectivity index (χ1) is 8.21. The van der Waals surface area contributed by atoms with Crippen LogP contribution >= 0.6 is 22.3 Å². The van der Waals surface area contributed by atoms with Crippen LogP contribution in [0.15, 0.2) is 23.1 Å². The Morgan fingerprint density at radius 1 is 1.39 bits per heavy atom. The van der Waals surface area contributed by atoms with E-state index in [1.165, 1.54) is 18.2 Å². The number of nitrogens with one attached hydrogen (secondary N) is 1. The van der Waals surface area contributed by atoms with Crippen LogP contribution in [0, 0.1) is 0 Å². The summed E-state index contributed by atoms with van der Waals surface area (Å²) in [6, 6.07) is 4.00. The lowest BCUT2D eigenvalue weighted by molar-refractivity contribution is 0.0935. The van der Waals surface area contributed by atoms with Crippen LogP contribution in [-0.4, -0.2) is 19.9 Å². The minimum absolute atomic E-state index is 0.000756. The molecule has 0 aromatic heterocycles. The first-order valence-corrected chi connectivity index (χ1v) is 7.97. The lowest BCUT2D eigenvalue weighted by Gasteiger charge is -2.12. The third kappa shape index (κ3) is 2.96. The van der Waals surface area contributed by atoms with Gasteiger partial charge < -0.3 is 5.32 Å². The number of carbonyl (C=O) groups is 1. The van der Waals surface area contributed by atoms with Crippen LogP contribution in [-0.2, 0) is 9.05 Å². The topological polar surface area (TPSA) is 63.2 Å². The zero-order valence-electron chi connectivity index (χ0n) is 9.54. The molecule has 18 heavy (non-hydrogen) atoms. The lowest BCUT2D eigenvalue weighted by Crippen LogP contribution is -2.34. The van der Waals surface area contributed by atoms with Crippen LogP contribution in [0.5, 0.6) is 0 Å². The van der Waals surface area contributed by atoms with E-state index < -0.39 is 9.05 Å². The predicted molar refractivity (Wildman–Crippen MR) is 69.6 cm³/mol. The maximum Gasteiger partial charge on any atom is 0.262 e. The molecule has 0 heterocycles. The summed E-state index contributed by atoms with van der Waals surface area (Å²) in [4.78, 5) is 11.6. The van der Waals surface area contributed by atoms with Gasteiger partial charge in [0.1, 0.15) is 4.90 Å². The van der Waals surface area contributed by atoms with Gasteiger partial charge >= 0.3 is 0 Å². The van der Waals surface area contributed by atoms with Gasteiger partial charge in [-0.3, -0.25) is 4.79 Å². The van der Waals surface area contributed by atoms with Crippen molar-refractivity contribution >= 4 is 37.2 Å². The zero-order chi connectivity index (χ0) is 13.6. The quantitative estimate of drug-likeness (QED) is 0.873. The van der Waals surface area contributed by atoms with Gasteiger partial charge in [0.15, 0.2) is 0 Å². The van der Waals surface area contributed by atoms with Crippen molar-refractivity contribution in [2.75, 3.05) is 0 Å². The highest BCUT2D eigenvalue weighted by atomic mass is 35.7. The number of rotatable bonds is 3. The summed E-state index contributed by atoms with van der Waals surface area (Å²) in [5, 5.41) is 2.82. The van der Waals surface area contributed by atoms with E-state index in [9.17, 15) is 13.2 Å². The summed E-state index contributed by atoms with van der Waals surface area (Å²) in [6.07, 6.45) is 1.85. The van der Waals surface area contributed by atoms with E-state index in [0.717, 1.165) is 12.8 Å². The van der Waals surface area contributed by atoms with Crippen LogP contribution < -0.4 is 5.32 Å². The molecular formula is C11H11Cl2NO3S. The molecule has 0 bridgehead atoms. The minimum atomic E-state index is -3.96. The molecule has 0 spiro atoms. The van der Waals surface area contributed by atoms with Gasteiger partial charge in [-0.2, -0.15) is 0 Å². The number of carbonyl (C=O) groups excluding carboxylic acids is 1. The van der Waals surface area contributed by atoms with Gasteiger partial charge in [0.2, 0.25) is 0 Å². The third-order valence-corrected chi connectivity index (χ3v) is 4.67. The van der Waals surface area contributed by atoms with Crippen LogP contribution in [0.2, 0.25) is 5.02 Å². The second-order valence-corrected chi connectivity index (χ2v) is 7.54. The third-order valence-electron chi connectivity index (χ3n) is 2.87. The Hall–Kier alpha value is -0.780. The molecule has 1 aromatic rings. The van der Waals surface area contributed by atoms with Gasteiger partial charge in [-0.15, -0.1) is 0 Å². The minimum Gasteiger partial charge on any atom is -0.347 e. The lowest BCUT2D eigenvalue weighted by atomic mass is 10.2. The first kappa shape index (κ1) is 13.6. The highest BCUT2D eigenvalue weighted by molar-refractivity contribution is 8.13. The fourth-order valence-electron chi connectivity index (χ4n) is 1.49. The summed E-state index contributed by atoms with van der Waals surface area (Å²) in [6.45, 7) is 1.93. The Kier molecular flexibility index (Phi) is 3.34. The molecule has 98 valence electrons. The van der Waals surface area contributed by atoms with Crippen molar-refractivity contribution in [1.82, 2.24) is 5.32 Å². The van der Waals surface area contributed by atoms with Crippen molar-refractivity contribution in [2.24, 2.45) is 0 Å². The van der Waals surface area contributed by atoms with E-state index in [0.29, 0.717) is 0 Å². The van der Waals surface area contributed by atoms with Gasteiger partial charge in [-0.1, -0.05) is 11.6 Å². The van der Waals surface area contributed by atoms with E-state index in [1.807, 2.05) is 6.92 Å². The average molecular weight is 308 g/mol. The Morgan fingerprint density at radius 3 is 2.50 bits per heavy atom. The fourth-order valence-corrected chi connectivity index (χ4v) is 2.98. The molecule has 1 aliphatic carbocycles. The molecule has 2 rings (SSSR count). The second-order valence-electron chi connectivity index (χ2n) is 4.60. The molecule has 1 saturated carbocycles. The normalized spacial score (nSPS) is 17.3. The Labute approximate surface area is 115 Å². The van der Waals surface area contributed by atoms with E-state index in [2.05, 4.69) is 5.32 Å². The highest BCUT2D eigenvalue weighted by Crippen LogP contribution is 2.34. The van der Waals surface area contributed by atoms with Crippen LogP contribution in [0.4, 0.5) is 0 Å². The maximum atomic E-state index is 11.9. The molecule has 4 nitrogen and oxygen atoms in total. The van der Waals surface area contributed by atoms with Gasteiger partial charge in [0.25, 0.3) is 15.0 Å². The van der Waals surface area contributed by atoms with Crippen LogP contribution in [0.25, 0.3) is 0 Å². The second kappa shape index (κ2) is 4.40. The molecule has 1 fully saturated rings. The van der Waals surface area contributed by atoms with Crippen molar-refractivity contribution < 1.29 is 13.2 Å². The van der Waals surface area contributed by atoms with E-state index in [-0.39, 0.29) is 26.9 Å². The van der Waals surface area contributed by atoms with Gasteiger partial charge in [0.05, 0.1) is 5.02 Å². The first-order valence-electron chi connectivity index (χ1n) is 5.28. The molecule has 0 aliphatic heterocycles. The average Bonchev–Trinajstić information content (AvgIpc) is 2.94. The monoisotopic (exact) mass is 307 g/mol. The molecule has 0 saturated heterocycles. The van der Waals surface area contributed by atoms with Crippen molar-refractivity contribution in [3.63, 3.8) is 0 Å². The Morgan fingerprint density at radius 2 is 2.00 bits per heavy atom. The number of hydrogen-bond acceptors (Lipinski definition) is 3. The van der Waals surface area contributed by atoms with Crippen LogP contribution in [0.3, 0.4) is 0 Å². The summed E-state index contributed by atoms with van der Waals surface area (Å²) in [5.41, 5.74) is 0.0586. The van der Waals surface area contributed by atoms with Gasteiger partial charge in [-0.05, 0) is 38.0 Å². The molecule has 0 radical (unpaired) electrons. The molecule has 1 aliphatic rings. The summed E-state index contributed by atoms with van der Waals surface area (Å²) in [5.74, 6) is -0.326. The van der Waals surface area contributed by atoms with Gasteiger partial charge in [0, 0.05) is 21.8 Å². The van der Waals surface area contributed by atoms with Crippen LogP contribution in [0.1, 0.15) is 30.1 Å². The predicted octanol–water partition coefficient (Wildman–Crippen LogP) is 2.55. The number of halogens is 2. The smallest absolute Gasteiger partial charge is 0.262 e. The largest absolute Gasteiger partial charge is 0.347 e. The molecule has 0 unspecified atom stereocenters. The Bertz CT molecular complexity index is 609. The SMILES string of the molecule is CC1(NC(=O)c2ccc(Cl)c(S(=O)(=O)Cl)c2)CC1. The maximum absolute atomic E-state index is 11.9. The van der Waals surface area contributed by atoms with E-state index >= 15 is 0 Å². The molecule has 0 atom stereocenters. The number of hydrogen-bond donors (Lipinski definition) is 1. The van der Waals surface area contributed by atoms with Crippen molar-refractivity contribution in [3.8, 4) is 0 Å². The molecule has 7 heteroatoms. The van der Waals surface area contributed by atoms with Crippen molar-refractivity contribution in [3.05, 3.63) is 28.8 Å². The highest BCUT2D eigenvalue weighted by Gasteiger charge is 2.38. The molecule has 1 amide bonds. The number of benzene rings is 1. The summed E-state index contributed by atoms with van der Waals surface area (Å²) >= 11 is 5.74. The summed E-state index contributed by atoms with van der Waals surface area (Å²) in [7, 11) is 1.28. The zero-order valence-corrected chi connectivity index (χ0v) is 11.9. The van der Waals surface area contributed by atoms with Gasteiger partial charge in [-0.25, -0.2) is 8.42 Å². The molecule has 1 N–H and O–H groups in total. The van der Waals surface area contributed by atoms with E-state index in [4.69, 9.17) is 22.3 Å². The number of amides is 1. The van der Waals surface area contributed by atoms with E-state index in [1.54, 1.807) is 0 Å². The Balaban J connectivity index is 2.32.